The summed E-state index contributed by atoms with van der Waals surface area (Å²) >= 11 is 0. The van der Waals surface area contributed by atoms with E-state index in [2.05, 4.69) is 65.5 Å². The standard InChI is InChI=1S/C12H8N2.C10H24N4.C10H8N2.6C2H6/c1-3-9-5-6-10-4-2-8-14-12(10)11(9)13-7-1;1-3-11-7-9-13-5-2-6-14-10-8-12-4-1;1-3-7-11-9(5-1)10-6-2-4-8-12-10;6*1-2/h1-8H;11-14H,1-10H2;1-8H;6*1-2H3. The van der Waals surface area contributed by atoms with Crippen LogP contribution in [0.5, 0.6) is 0 Å². The summed E-state index contributed by atoms with van der Waals surface area (Å²) in [5, 5.41) is 16.0. The molecule has 1 aliphatic rings. The molecule has 5 aromatic rings. The Morgan fingerprint density at radius 1 is 0.327 bits per heavy atom. The van der Waals surface area contributed by atoms with Crippen molar-refractivity contribution in [2.24, 2.45) is 0 Å². The van der Waals surface area contributed by atoms with Gasteiger partial charge in [0.2, 0.25) is 0 Å². The molecule has 0 amide bonds. The van der Waals surface area contributed by atoms with Crippen molar-refractivity contribution in [1.29, 1.82) is 0 Å². The van der Waals surface area contributed by atoms with Crippen molar-refractivity contribution in [2.45, 2.75) is 95.9 Å². The third-order valence-corrected chi connectivity index (χ3v) is 6.31. The van der Waals surface area contributed by atoms with Crippen LogP contribution in [0.4, 0.5) is 0 Å². The number of hydrogen-bond acceptors (Lipinski definition) is 8. The zero-order chi connectivity index (χ0) is 39.5. The first kappa shape index (κ1) is 52.5. The van der Waals surface area contributed by atoms with Crippen molar-refractivity contribution in [3.05, 3.63) is 97.6 Å². The van der Waals surface area contributed by atoms with Crippen molar-refractivity contribution in [2.75, 3.05) is 52.4 Å². The van der Waals surface area contributed by atoms with Crippen LogP contribution in [0.3, 0.4) is 0 Å². The molecule has 52 heavy (non-hydrogen) atoms. The van der Waals surface area contributed by atoms with Gasteiger partial charge in [0.25, 0.3) is 0 Å². The summed E-state index contributed by atoms with van der Waals surface area (Å²) in [5.74, 6) is 0. The maximum absolute atomic E-state index is 4.35. The molecule has 5 heterocycles. The lowest BCUT2D eigenvalue weighted by Gasteiger charge is -2.10. The zero-order valence-corrected chi connectivity index (χ0v) is 35.1. The van der Waals surface area contributed by atoms with E-state index in [1.807, 2.05) is 132 Å². The average molecular weight is 717 g/mol. The molecule has 0 aliphatic carbocycles. The number of nitrogens with zero attached hydrogens (tertiary/aromatic N) is 4. The van der Waals surface area contributed by atoms with Crippen LogP contribution in [0.25, 0.3) is 33.2 Å². The van der Waals surface area contributed by atoms with Gasteiger partial charge in [0.05, 0.1) is 22.4 Å². The smallest absolute Gasteiger partial charge is 0.0964 e. The minimum absolute atomic E-state index is 0.915. The molecule has 8 heteroatoms. The summed E-state index contributed by atoms with van der Waals surface area (Å²) in [6, 6.07) is 23.7. The topological polar surface area (TPSA) is 99.7 Å². The molecule has 1 saturated heterocycles. The highest BCUT2D eigenvalue weighted by Crippen LogP contribution is 2.20. The van der Waals surface area contributed by atoms with Gasteiger partial charge in [0.1, 0.15) is 0 Å². The Hall–Kier alpha value is -3.82. The number of nitrogens with one attached hydrogen (secondary N) is 4. The van der Waals surface area contributed by atoms with Crippen molar-refractivity contribution in [3.63, 3.8) is 0 Å². The minimum atomic E-state index is 0.915. The van der Waals surface area contributed by atoms with Gasteiger partial charge in [0, 0.05) is 61.7 Å². The van der Waals surface area contributed by atoms with Crippen LogP contribution in [0, 0.1) is 0 Å². The van der Waals surface area contributed by atoms with Crippen LogP contribution >= 0.6 is 0 Å². The molecular weight excluding hydrogens is 641 g/mol. The molecular formula is C44H76N8. The minimum Gasteiger partial charge on any atom is -0.315 e. The fourth-order valence-corrected chi connectivity index (χ4v) is 4.24. The van der Waals surface area contributed by atoms with Gasteiger partial charge in [-0.1, -0.05) is 119 Å². The number of pyridine rings is 4. The molecule has 0 saturated carbocycles. The number of fused-ring (bicyclic) bond motifs is 3. The molecule has 1 aliphatic heterocycles. The van der Waals surface area contributed by atoms with E-state index >= 15 is 0 Å². The van der Waals surface area contributed by atoms with E-state index in [0.717, 1.165) is 85.6 Å². The van der Waals surface area contributed by atoms with Crippen LogP contribution in [-0.2, 0) is 0 Å². The Morgan fingerprint density at radius 2 is 0.635 bits per heavy atom. The Morgan fingerprint density at radius 3 is 0.923 bits per heavy atom. The summed E-state index contributed by atoms with van der Waals surface area (Å²) < 4.78 is 0. The summed E-state index contributed by atoms with van der Waals surface area (Å²) in [7, 11) is 0. The van der Waals surface area contributed by atoms with Gasteiger partial charge < -0.3 is 21.3 Å². The molecule has 1 fully saturated rings. The second-order valence-corrected chi connectivity index (χ2v) is 9.35. The molecule has 0 spiro atoms. The van der Waals surface area contributed by atoms with Crippen molar-refractivity contribution in [3.8, 4) is 11.4 Å². The predicted octanol–water partition coefficient (Wildman–Crippen LogP) is 10.2. The molecule has 292 valence electrons. The second-order valence-electron chi connectivity index (χ2n) is 9.35. The normalized spacial score (nSPS) is 12.3. The molecule has 0 unspecified atom stereocenters. The van der Waals surface area contributed by atoms with E-state index < -0.39 is 0 Å². The summed E-state index contributed by atoms with van der Waals surface area (Å²) in [6.45, 7) is 32.9. The Balaban J connectivity index is -0.000000605. The second kappa shape index (κ2) is 43.3. The highest BCUT2D eigenvalue weighted by molar-refractivity contribution is 6.02. The lowest BCUT2D eigenvalue weighted by atomic mass is 10.1. The average Bonchev–Trinajstić information content (AvgIpc) is 3.27. The van der Waals surface area contributed by atoms with Crippen molar-refractivity contribution in [1.82, 2.24) is 41.2 Å². The lowest BCUT2D eigenvalue weighted by molar-refractivity contribution is 0.530. The van der Waals surface area contributed by atoms with E-state index in [-0.39, 0.29) is 0 Å². The fourth-order valence-electron chi connectivity index (χ4n) is 4.24. The number of rotatable bonds is 1. The van der Waals surface area contributed by atoms with Gasteiger partial charge >= 0.3 is 0 Å². The highest BCUT2D eigenvalue weighted by Gasteiger charge is 2.00. The van der Waals surface area contributed by atoms with Crippen molar-refractivity contribution >= 4 is 21.8 Å². The zero-order valence-electron chi connectivity index (χ0n) is 35.1. The summed E-state index contributed by atoms with van der Waals surface area (Å²) in [6.07, 6.45) is 9.58. The number of benzene rings is 1. The van der Waals surface area contributed by atoms with Gasteiger partial charge in [-0.05, 0) is 75.4 Å². The van der Waals surface area contributed by atoms with Gasteiger partial charge in [0.15, 0.2) is 0 Å². The third kappa shape index (κ3) is 25.2. The maximum Gasteiger partial charge on any atom is 0.0964 e. The molecule has 4 N–H and O–H groups in total. The molecule has 0 atom stereocenters. The van der Waals surface area contributed by atoms with Gasteiger partial charge in [-0.3, -0.25) is 19.9 Å². The van der Waals surface area contributed by atoms with Crippen LogP contribution < -0.4 is 21.3 Å². The predicted molar refractivity (Wildman–Crippen MR) is 233 cm³/mol. The van der Waals surface area contributed by atoms with Crippen LogP contribution in [0.1, 0.15) is 95.9 Å². The fraction of sp³-hybridized carbons (Fsp3) is 0.500. The summed E-state index contributed by atoms with van der Waals surface area (Å²) in [5.41, 5.74) is 3.78. The highest BCUT2D eigenvalue weighted by atomic mass is 15.0. The SMILES string of the molecule is C1CNCCNCCCNCCNC1.CC.CC.CC.CC.CC.CC.c1ccc(-c2ccccn2)nc1.c1cnc2c(c1)ccc1cccnc12. The van der Waals surface area contributed by atoms with Crippen LogP contribution in [-0.4, -0.2) is 72.3 Å². The number of hydrogen-bond donors (Lipinski definition) is 4. The first-order chi connectivity index (χ1) is 25.9. The largest absolute Gasteiger partial charge is 0.315 e. The van der Waals surface area contributed by atoms with E-state index in [9.17, 15) is 0 Å². The molecule has 0 radical (unpaired) electrons. The molecule has 4 aromatic heterocycles. The van der Waals surface area contributed by atoms with E-state index in [1.165, 1.54) is 12.8 Å². The molecule has 1 aromatic carbocycles. The van der Waals surface area contributed by atoms with E-state index in [0.29, 0.717) is 0 Å². The quantitative estimate of drug-likeness (QED) is 0.127. The van der Waals surface area contributed by atoms with Gasteiger partial charge in [-0.2, -0.15) is 0 Å². The van der Waals surface area contributed by atoms with Gasteiger partial charge in [-0.15, -0.1) is 0 Å². The van der Waals surface area contributed by atoms with E-state index in [4.69, 9.17) is 0 Å². The van der Waals surface area contributed by atoms with Crippen LogP contribution in [0.2, 0.25) is 0 Å². The molecule has 0 bridgehead atoms. The van der Waals surface area contributed by atoms with Crippen LogP contribution in [0.15, 0.2) is 97.6 Å². The molecule has 8 nitrogen and oxygen atoms in total. The molecule has 6 rings (SSSR count). The van der Waals surface area contributed by atoms with Gasteiger partial charge in [-0.25, -0.2) is 0 Å². The Labute approximate surface area is 319 Å². The summed E-state index contributed by atoms with van der Waals surface area (Å²) in [4.78, 5) is 17.1. The lowest BCUT2D eigenvalue weighted by Crippen LogP contribution is -2.34. The Kier molecular flexibility index (Phi) is 43.8. The number of aromatic nitrogens is 4. The van der Waals surface area contributed by atoms with E-state index in [1.54, 1.807) is 24.8 Å². The van der Waals surface area contributed by atoms with Crippen molar-refractivity contribution < 1.29 is 0 Å². The maximum atomic E-state index is 4.35. The Bertz CT molecular complexity index is 1220. The first-order valence-electron chi connectivity index (χ1n) is 20.2. The monoisotopic (exact) mass is 717 g/mol. The third-order valence-electron chi connectivity index (χ3n) is 6.31. The first-order valence-corrected chi connectivity index (χ1v) is 20.2.